The van der Waals surface area contributed by atoms with Gasteiger partial charge in [0.1, 0.15) is 0 Å². The van der Waals surface area contributed by atoms with Crippen molar-refractivity contribution < 1.29 is 9.84 Å². The second-order valence-electron chi connectivity index (χ2n) is 3.77. The van der Waals surface area contributed by atoms with Gasteiger partial charge in [0.05, 0.1) is 19.3 Å². The summed E-state index contributed by atoms with van der Waals surface area (Å²) in [6, 6.07) is 0.152. The fourth-order valence-electron chi connectivity index (χ4n) is 1.45. The molecule has 1 rings (SSSR count). The lowest BCUT2D eigenvalue weighted by atomic mass is 9.94. The smallest absolute Gasteiger partial charge is 0.322 e. The fourth-order valence-corrected chi connectivity index (χ4v) is 1.45. The van der Waals surface area contributed by atoms with Gasteiger partial charge in [-0.1, -0.05) is 13.8 Å². The second kappa shape index (κ2) is 5.62. The summed E-state index contributed by atoms with van der Waals surface area (Å²) in [6.07, 6.45) is 1.49. The van der Waals surface area contributed by atoms with Gasteiger partial charge in [0.25, 0.3) is 0 Å². The quantitative estimate of drug-likeness (QED) is 0.662. The second-order valence-corrected chi connectivity index (χ2v) is 3.77. The van der Waals surface area contributed by atoms with Crippen LogP contribution in [0.3, 0.4) is 0 Å². The third-order valence-corrected chi connectivity index (χ3v) is 2.85. The van der Waals surface area contributed by atoms with Crippen LogP contribution in [-0.4, -0.2) is 39.3 Å². The van der Waals surface area contributed by atoms with Crippen LogP contribution in [-0.2, 0) is 0 Å². The van der Waals surface area contributed by atoms with Gasteiger partial charge in [-0.15, -0.1) is 0 Å². The molecule has 1 aromatic heterocycles. The van der Waals surface area contributed by atoms with Gasteiger partial charge in [-0.2, -0.15) is 15.0 Å². The average molecular weight is 241 g/mol. The number of nitrogens with two attached hydrogens (primary N) is 1. The first-order valence-corrected chi connectivity index (χ1v) is 5.53. The lowest BCUT2D eigenvalue weighted by Crippen LogP contribution is -2.41. The highest BCUT2D eigenvalue weighted by atomic mass is 16.5. The Labute approximate surface area is 100 Å². The Balaban J connectivity index is 2.96. The maximum atomic E-state index is 9.44. The van der Waals surface area contributed by atoms with Gasteiger partial charge in [0.2, 0.25) is 11.9 Å². The van der Waals surface area contributed by atoms with Crippen molar-refractivity contribution in [3.8, 4) is 6.01 Å². The number of nitrogens with zero attached hydrogens (tertiary/aromatic N) is 3. The number of aromatic nitrogens is 3. The summed E-state index contributed by atoms with van der Waals surface area (Å²) in [5, 5.41) is 12.5. The predicted molar refractivity (Wildman–Crippen MR) is 64.8 cm³/mol. The Morgan fingerprint density at radius 2 is 1.94 bits per heavy atom. The molecule has 4 N–H and O–H groups in total. The van der Waals surface area contributed by atoms with Crippen molar-refractivity contribution in [2.45, 2.75) is 32.2 Å². The van der Waals surface area contributed by atoms with E-state index in [4.69, 9.17) is 10.5 Å². The molecule has 0 saturated heterocycles. The monoisotopic (exact) mass is 241 g/mol. The van der Waals surface area contributed by atoms with Crippen LogP contribution in [0.2, 0.25) is 0 Å². The van der Waals surface area contributed by atoms with E-state index in [0.29, 0.717) is 5.95 Å². The summed E-state index contributed by atoms with van der Waals surface area (Å²) >= 11 is 0. The maximum Gasteiger partial charge on any atom is 0.322 e. The molecule has 0 aliphatic carbocycles. The molecule has 0 amide bonds. The van der Waals surface area contributed by atoms with E-state index in [1.165, 1.54) is 7.11 Å². The van der Waals surface area contributed by atoms with Crippen LogP contribution in [0.4, 0.5) is 11.9 Å². The predicted octanol–water partition coefficient (Wildman–Crippen LogP) is 0.425. The van der Waals surface area contributed by atoms with Crippen molar-refractivity contribution in [3.05, 3.63) is 0 Å². The summed E-state index contributed by atoms with van der Waals surface area (Å²) in [4.78, 5) is 11.8. The molecule has 0 spiro atoms. The number of methoxy groups -OCH3 is 1. The molecule has 0 saturated carbocycles. The molecule has 0 aliphatic heterocycles. The number of rotatable bonds is 6. The van der Waals surface area contributed by atoms with Gasteiger partial charge in [-0.3, -0.25) is 0 Å². The Bertz CT molecular complexity index is 359. The zero-order valence-corrected chi connectivity index (χ0v) is 10.4. The van der Waals surface area contributed by atoms with Crippen LogP contribution in [0, 0.1) is 0 Å². The third kappa shape index (κ3) is 3.16. The Morgan fingerprint density at radius 3 is 2.41 bits per heavy atom. The Morgan fingerprint density at radius 1 is 1.29 bits per heavy atom. The van der Waals surface area contributed by atoms with Crippen LogP contribution < -0.4 is 15.8 Å². The first kappa shape index (κ1) is 13.4. The number of aliphatic hydroxyl groups is 1. The maximum absolute atomic E-state index is 9.44. The number of ether oxygens (including phenoxy) is 1. The van der Waals surface area contributed by atoms with E-state index < -0.39 is 5.54 Å². The van der Waals surface area contributed by atoms with Crippen molar-refractivity contribution in [2.24, 2.45) is 0 Å². The highest BCUT2D eigenvalue weighted by molar-refractivity contribution is 5.35. The zero-order valence-electron chi connectivity index (χ0n) is 10.4. The summed E-state index contributed by atoms with van der Waals surface area (Å²) in [6.45, 7) is 3.96. The van der Waals surface area contributed by atoms with Gasteiger partial charge < -0.3 is 20.9 Å². The minimum atomic E-state index is -0.446. The number of nitrogens with one attached hydrogen (secondary N) is 1. The molecular weight excluding hydrogens is 222 g/mol. The third-order valence-electron chi connectivity index (χ3n) is 2.85. The molecule has 0 bridgehead atoms. The molecular formula is C10H19N5O2. The van der Waals surface area contributed by atoms with Crippen molar-refractivity contribution in [1.82, 2.24) is 15.0 Å². The normalized spacial score (nSPS) is 11.3. The molecule has 0 fully saturated rings. The summed E-state index contributed by atoms with van der Waals surface area (Å²) in [5.41, 5.74) is 5.09. The molecule has 0 atom stereocenters. The molecule has 7 nitrogen and oxygen atoms in total. The van der Waals surface area contributed by atoms with Crippen LogP contribution >= 0.6 is 0 Å². The van der Waals surface area contributed by atoms with Gasteiger partial charge in [0, 0.05) is 0 Å². The lowest BCUT2D eigenvalue weighted by molar-refractivity contribution is 0.201. The van der Waals surface area contributed by atoms with Crippen LogP contribution in [0.25, 0.3) is 0 Å². The molecule has 0 radical (unpaired) electrons. The van der Waals surface area contributed by atoms with E-state index in [0.717, 1.165) is 12.8 Å². The van der Waals surface area contributed by atoms with E-state index in [-0.39, 0.29) is 18.6 Å². The average Bonchev–Trinajstić information content (AvgIpc) is 2.35. The van der Waals surface area contributed by atoms with E-state index in [9.17, 15) is 5.11 Å². The Kier molecular flexibility index (Phi) is 4.45. The molecule has 0 aliphatic rings. The van der Waals surface area contributed by atoms with Crippen molar-refractivity contribution in [2.75, 3.05) is 24.8 Å². The van der Waals surface area contributed by atoms with Gasteiger partial charge >= 0.3 is 6.01 Å². The highest BCUT2D eigenvalue weighted by Gasteiger charge is 2.26. The first-order valence-electron chi connectivity index (χ1n) is 5.53. The standard InChI is InChI=1S/C10H19N5O2/c1-4-10(5-2,6-16)15-8-12-7(11)13-9(14-8)17-3/h16H,4-6H2,1-3H3,(H3,11,12,13,14,15). The molecule has 1 heterocycles. The van der Waals surface area contributed by atoms with Crippen LogP contribution in [0.15, 0.2) is 0 Å². The molecule has 96 valence electrons. The summed E-state index contributed by atoms with van der Waals surface area (Å²) in [7, 11) is 1.46. The number of nitrogen functional groups attached to an aromatic ring is 1. The summed E-state index contributed by atoms with van der Waals surface area (Å²) < 4.78 is 4.91. The molecule has 7 heteroatoms. The van der Waals surface area contributed by atoms with E-state index in [2.05, 4.69) is 20.3 Å². The van der Waals surface area contributed by atoms with E-state index in [1.54, 1.807) is 0 Å². The lowest BCUT2D eigenvalue weighted by Gasteiger charge is -2.30. The molecule has 0 aromatic carbocycles. The van der Waals surface area contributed by atoms with E-state index >= 15 is 0 Å². The van der Waals surface area contributed by atoms with Crippen LogP contribution in [0.5, 0.6) is 6.01 Å². The largest absolute Gasteiger partial charge is 0.467 e. The number of aliphatic hydroxyl groups excluding tert-OH is 1. The zero-order chi connectivity index (χ0) is 12.9. The van der Waals surface area contributed by atoms with Crippen molar-refractivity contribution in [3.63, 3.8) is 0 Å². The summed E-state index contributed by atoms with van der Waals surface area (Å²) in [5.74, 6) is 0.394. The SMILES string of the molecule is CCC(CC)(CO)Nc1nc(N)nc(OC)n1. The minimum absolute atomic E-state index is 0.00605. The topological polar surface area (TPSA) is 106 Å². The molecule has 1 aromatic rings. The van der Waals surface area contributed by atoms with Crippen molar-refractivity contribution in [1.29, 1.82) is 0 Å². The molecule has 0 unspecified atom stereocenters. The molecule has 17 heavy (non-hydrogen) atoms. The highest BCUT2D eigenvalue weighted by Crippen LogP contribution is 2.20. The number of hydrogen-bond donors (Lipinski definition) is 3. The van der Waals surface area contributed by atoms with Crippen LogP contribution in [0.1, 0.15) is 26.7 Å². The Hall–Kier alpha value is -1.63. The van der Waals surface area contributed by atoms with Crippen molar-refractivity contribution >= 4 is 11.9 Å². The fraction of sp³-hybridized carbons (Fsp3) is 0.700. The first-order chi connectivity index (χ1) is 8.09. The van der Waals surface area contributed by atoms with Gasteiger partial charge in [-0.25, -0.2) is 0 Å². The minimum Gasteiger partial charge on any atom is -0.467 e. The van der Waals surface area contributed by atoms with E-state index in [1.807, 2.05) is 13.8 Å². The number of anilines is 2. The van der Waals surface area contributed by atoms with Gasteiger partial charge in [0.15, 0.2) is 0 Å². The van der Waals surface area contributed by atoms with Gasteiger partial charge in [-0.05, 0) is 12.8 Å². The number of hydrogen-bond acceptors (Lipinski definition) is 7.